The molecule has 19 heavy (non-hydrogen) atoms. The average Bonchev–Trinajstić information content (AvgIpc) is 2.69. The van der Waals surface area contributed by atoms with Crippen LogP contribution in [0.25, 0.3) is 0 Å². The number of sulfonamides is 1. The van der Waals surface area contributed by atoms with Crippen LogP contribution in [0.1, 0.15) is 6.42 Å². The lowest BCUT2D eigenvalue weighted by Crippen LogP contribution is -2.37. The van der Waals surface area contributed by atoms with Gasteiger partial charge in [0.1, 0.15) is 5.75 Å². The number of phenolic OH excluding ortho intramolecular Hbond substituents is 1. The van der Waals surface area contributed by atoms with Crippen LogP contribution in [0.3, 0.4) is 0 Å². The molecule has 1 aromatic carbocycles. The Morgan fingerprint density at radius 2 is 1.84 bits per heavy atom. The zero-order valence-electron chi connectivity index (χ0n) is 10.4. The molecule has 0 amide bonds. The van der Waals surface area contributed by atoms with Gasteiger partial charge in [-0.05, 0) is 30.7 Å². The normalized spacial score (nSPS) is 22.7. The first kappa shape index (κ1) is 14.3. The van der Waals surface area contributed by atoms with Gasteiger partial charge in [0.2, 0.25) is 10.0 Å². The van der Waals surface area contributed by atoms with Gasteiger partial charge in [-0.15, -0.1) is 0 Å². The summed E-state index contributed by atoms with van der Waals surface area (Å²) in [7, 11) is -5.48. The second kappa shape index (κ2) is 4.77. The molecule has 106 valence electrons. The van der Waals surface area contributed by atoms with E-state index < -0.39 is 25.9 Å². The Balaban J connectivity index is 2.27. The first-order valence-electron chi connectivity index (χ1n) is 5.70. The van der Waals surface area contributed by atoms with E-state index in [2.05, 4.69) is 0 Å². The maximum Gasteiger partial charge on any atom is 0.243 e. The van der Waals surface area contributed by atoms with E-state index >= 15 is 0 Å². The van der Waals surface area contributed by atoms with E-state index in [0.29, 0.717) is 6.42 Å². The summed E-state index contributed by atoms with van der Waals surface area (Å²) in [6, 6.07) is 4.64. The zero-order chi connectivity index (χ0) is 14.3. The number of hydrogen-bond acceptors (Lipinski definition) is 5. The molecule has 0 spiro atoms. The van der Waals surface area contributed by atoms with E-state index in [-0.39, 0.29) is 22.2 Å². The molecule has 0 aromatic heterocycles. The summed E-state index contributed by atoms with van der Waals surface area (Å²) in [5, 5.41) is 9.15. The SMILES string of the molecule is CN(C1CCS(=O)(=O)C1)S(=O)(=O)c1ccc(O)cc1. The van der Waals surface area contributed by atoms with Crippen LogP contribution < -0.4 is 0 Å². The highest BCUT2D eigenvalue weighted by molar-refractivity contribution is 7.92. The van der Waals surface area contributed by atoms with E-state index in [4.69, 9.17) is 5.11 Å². The highest BCUT2D eigenvalue weighted by atomic mass is 32.2. The average molecular weight is 305 g/mol. The number of hydrogen-bond donors (Lipinski definition) is 1. The van der Waals surface area contributed by atoms with Crippen molar-refractivity contribution in [3.63, 3.8) is 0 Å². The predicted octanol–water partition coefficient (Wildman–Crippen LogP) is 0.200. The van der Waals surface area contributed by atoms with Gasteiger partial charge in [-0.25, -0.2) is 16.8 Å². The summed E-state index contributed by atoms with van der Waals surface area (Å²) in [4.78, 5) is 0.0390. The van der Waals surface area contributed by atoms with E-state index in [1.54, 1.807) is 0 Å². The number of phenols is 1. The summed E-state index contributed by atoms with van der Waals surface area (Å²) in [5.74, 6) is -0.140. The van der Waals surface area contributed by atoms with E-state index in [1.165, 1.54) is 31.3 Å². The Morgan fingerprint density at radius 3 is 2.32 bits per heavy atom. The minimum absolute atomic E-state index is 0.0209. The van der Waals surface area contributed by atoms with Gasteiger partial charge in [0.05, 0.1) is 16.4 Å². The van der Waals surface area contributed by atoms with Crippen molar-refractivity contribution in [1.82, 2.24) is 4.31 Å². The van der Waals surface area contributed by atoms with Crippen molar-refractivity contribution in [3.8, 4) is 5.75 Å². The van der Waals surface area contributed by atoms with Crippen molar-refractivity contribution >= 4 is 19.9 Å². The van der Waals surface area contributed by atoms with Crippen LogP contribution in [-0.4, -0.2) is 50.8 Å². The molecule has 0 aliphatic carbocycles. The molecule has 0 radical (unpaired) electrons. The van der Waals surface area contributed by atoms with Gasteiger partial charge in [0.25, 0.3) is 0 Å². The Kier molecular flexibility index (Phi) is 3.59. The number of sulfone groups is 1. The van der Waals surface area contributed by atoms with Crippen LogP contribution in [0.4, 0.5) is 0 Å². The van der Waals surface area contributed by atoms with Crippen molar-refractivity contribution in [2.45, 2.75) is 17.4 Å². The van der Waals surface area contributed by atoms with E-state index in [9.17, 15) is 16.8 Å². The lowest BCUT2D eigenvalue weighted by molar-refractivity contribution is 0.394. The molecule has 1 saturated heterocycles. The van der Waals surface area contributed by atoms with Crippen molar-refractivity contribution < 1.29 is 21.9 Å². The fraction of sp³-hybridized carbons (Fsp3) is 0.455. The summed E-state index contributed by atoms with van der Waals surface area (Å²) in [6.45, 7) is 0. The molecule has 8 heteroatoms. The van der Waals surface area contributed by atoms with Gasteiger partial charge < -0.3 is 5.11 Å². The maximum atomic E-state index is 12.3. The first-order valence-corrected chi connectivity index (χ1v) is 8.96. The van der Waals surface area contributed by atoms with Crippen LogP contribution in [0, 0.1) is 0 Å². The third-order valence-corrected chi connectivity index (χ3v) is 6.91. The largest absolute Gasteiger partial charge is 0.508 e. The van der Waals surface area contributed by atoms with Crippen molar-refractivity contribution in [2.75, 3.05) is 18.6 Å². The molecule has 1 fully saturated rings. The quantitative estimate of drug-likeness (QED) is 0.861. The predicted molar refractivity (Wildman–Crippen MR) is 70.1 cm³/mol. The van der Waals surface area contributed by atoms with Crippen LogP contribution >= 0.6 is 0 Å². The van der Waals surface area contributed by atoms with E-state index in [0.717, 1.165) is 4.31 Å². The number of benzene rings is 1. The maximum absolute atomic E-state index is 12.3. The molecule has 1 atom stereocenters. The molecular formula is C11H15NO5S2. The molecule has 6 nitrogen and oxygen atoms in total. The van der Waals surface area contributed by atoms with Crippen molar-refractivity contribution in [1.29, 1.82) is 0 Å². The highest BCUT2D eigenvalue weighted by Gasteiger charge is 2.36. The summed E-state index contributed by atoms with van der Waals surface area (Å²) < 4.78 is 48.5. The van der Waals surface area contributed by atoms with Crippen LogP contribution in [0.15, 0.2) is 29.2 Å². The molecule has 1 N–H and O–H groups in total. The molecule has 1 aromatic rings. The molecule has 1 aliphatic heterocycles. The Morgan fingerprint density at radius 1 is 1.26 bits per heavy atom. The molecule has 1 unspecified atom stereocenters. The molecule has 1 aliphatic rings. The summed E-state index contributed by atoms with van der Waals surface area (Å²) >= 11 is 0. The van der Waals surface area contributed by atoms with Gasteiger partial charge in [0, 0.05) is 13.1 Å². The molecular weight excluding hydrogens is 290 g/mol. The Labute approximate surface area is 112 Å². The minimum atomic E-state index is -3.73. The second-order valence-electron chi connectivity index (χ2n) is 4.57. The monoisotopic (exact) mass is 305 g/mol. The topological polar surface area (TPSA) is 91.8 Å². The van der Waals surface area contributed by atoms with Gasteiger partial charge in [-0.3, -0.25) is 0 Å². The van der Waals surface area contributed by atoms with Gasteiger partial charge in [0.15, 0.2) is 9.84 Å². The summed E-state index contributed by atoms with van der Waals surface area (Å²) in [6.07, 6.45) is 0.316. The molecule has 1 heterocycles. The van der Waals surface area contributed by atoms with Crippen LogP contribution in [-0.2, 0) is 19.9 Å². The Bertz CT molecular complexity index is 664. The fourth-order valence-electron chi connectivity index (χ4n) is 2.04. The smallest absolute Gasteiger partial charge is 0.243 e. The van der Waals surface area contributed by atoms with Gasteiger partial charge in [-0.2, -0.15) is 4.31 Å². The zero-order valence-corrected chi connectivity index (χ0v) is 12.0. The van der Waals surface area contributed by atoms with Gasteiger partial charge >= 0.3 is 0 Å². The van der Waals surface area contributed by atoms with Crippen LogP contribution in [0.2, 0.25) is 0 Å². The third-order valence-electron chi connectivity index (χ3n) is 3.24. The minimum Gasteiger partial charge on any atom is -0.508 e. The standard InChI is InChI=1S/C11H15NO5S2/c1-12(9-6-7-18(14,15)8-9)19(16,17)11-4-2-10(13)3-5-11/h2-5,9,13H,6-8H2,1H3. The molecule has 0 bridgehead atoms. The number of aromatic hydroxyl groups is 1. The Hall–Kier alpha value is -1.12. The lowest BCUT2D eigenvalue weighted by atomic mass is 10.3. The number of rotatable bonds is 3. The first-order chi connectivity index (χ1) is 8.72. The van der Waals surface area contributed by atoms with Crippen molar-refractivity contribution in [3.05, 3.63) is 24.3 Å². The lowest BCUT2D eigenvalue weighted by Gasteiger charge is -2.22. The molecule has 0 saturated carbocycles. The van der Waals surface area contributed by atoms with Crippen LogP contribution in [0.5, 0.6) is 5.75 Å². The van der Waals surface area contributed by atoms with Gasteiger partial charge in [-0.1, -0.05) is 0 Å². The highest BCUT2D eigenvalue weighted by Crippen LogP contribution is 2.24. The summed E-state index contributed by atoms with van der Waals surface area (Å²) in [5.41, 5.74) is 0. The molecule has 2 rings (SSSR count). The second-order valence-corrected chi connectivity index (χ2v) is 8.80. The van der Waals surface area contributed by atoms with E-state index in [1.807, 2.05) is 0 Å². The fourth-order valence-corrected chi connectivity index (χ4v) is 5.30. The number of nitrogens with zero attached hydrogens (tertiary/aromatic N) is 1. The third kappa shape index (κ3) is 2.90. The van der Waals surface area contributed by atoms with Crippen molar-refractivity contribution in [2.24, 2.45) is 0 Å².